The Morgan fingerprint density at radius 1 is 1.26 bits per heavy atom. The van der Waals surface area contributed by atoms with Crippen molar-refractivity contribution in [1.82, 2.24) is 0 Å². The van der Waals surface area contributed by atoms with Crippen LogP contribution in [0.1, 0.15) is 71.1 Å². The second-order valence-corrected chi connectivity index (χ2v) is 6.51. The molecule has 0 aromatic heterocycles. The first-order chi connectivity index (χ1) is 9.16. The summed E-state index contributed by atoms with van der Waals surface area (Å²) in [7, 11) is 0. The number of ether oxygens (including phenoxy) is 1. The summed E-state index contributed by atoms with van der Waals surface area (Å²) < 4.78 is 5.77. The van der Waals surface area contributed by atoms with Crippen LogP contribution in [0.2, 0.25) is 0 Å². The normalized spacial score (nSPS) is 36.1. The minimum Gasteiger partial charge on any atom is -0.481 e. The molecule has 0 radical (unpaired) electrons. The van der Waals surface area contributed by atoms with Crippen molar-refractivity contribution >= 4 is 5.97 Å². The van der Waals surface area contributed by atoms with Gasteiger partial charge in [-0.05, 0) is 57.3 Å². The second kappa shape index (κ2) is 6.74. The van der Waals surface area contributed by atoms with Gasteiger partial charge >= 0.3 is 5.97 Å². The Labute approximate surface area is 116 Å². The Hall–Kier alpha value is -0.570. The molecular weight excluding hydrogens is 240 g/mol. The summed E-state index contributed by atoms with van der Waals surface area (Å²) >= 11 is 0. The lowest BCUT2D eigenvalue weighted by Crippen LogP contribution is -2.39. The summed E-state index contributed by atoms with van der Waals surface area (Å²) in [5.41, 5.74) is -0.494. The number of hydrogen-bond acceptors (Lipinski definition) is 2. The van der Waals surface area contributed by atoms with Crippen LogP contribution in [-0.4, -0.2) is 23.8 Å². The van der Waals surface area contributed by atoms with Crippen LogP contribution in [0.5, 0.6) is 0 Å². The average molecular weight is 268 g/mol. The summed E-state index contributed by atoms with van der Waals surface area (Å²) in [6, 6.07) is 0. The molecule has 19 heavy (non-hydrogen) atoms. The van der Waals surface area contributed by atoms with Crippen LogP contribution in [0.3, 0.4) is 0 Å². The molecule has 1 unspecified atom stereocenters. The second-order valence-electron chi connectivity index (χ2n) is 6.51. The smallest absolute Gasteiger partial charge is 0.309 e. The highest BCUT2D eigenvalue weighted by Gasteiger charge is 2.43. The first kappa shape index (κ1) is 14.8. The number of carboxylic acids is 1. The molecule has 1 heterocycles. The van der Waals surface area contributed by atoms with Crippen molar-refractivity contribution in [3.05, 3.63) is 0 Å². The molecule has 0 bridgehead atoms. The number of carbonyl (C=O) groups is 1. The minimum absolute atomic E-state index is 0.188. The summed E-state index contributed by atoms with van der Waals surface area (Å²) in [5, 5.41) is 9.68. The van der Waals surface area contributed by atoms with E-state index in [0.717, 1.165) is 57.5 Å². The van der Waals surface area contributed by atoms with E-state index in [1.54, 1.807) is 0 Å². The van der Waals surface area contributed by atoms with Crippen LogP contribution >= 0.6 is 0 Å². The van der Waals surface area contributed by atoms with Gasteiger partial charge in [0.25, 0.3) is 0 Å². The van der Waals surface area contributed by atoms with Gasteiger partial charge in [-0.1, -0.05) is 19.8 Å². The Bertz CT molecular complexity index is 286. The van der Waals surface area contributed by atoms with Crippen LogP contribution < -0.4 is 0 Å². The minimum atomic E-state index is -0.586. The van der Waals surface area contributed by atoms with Crippen molar-refractivity contribution in [1.29, 1.82) is 0 Å². The van der Waals surface area contributed by atoms with Gasteiger partial charge in [0.15, 0.2) is 0 Å². The molecule has 0 aromatic rings. The molecule has 110 valence electrons. The van der Waals surface area contributed by atoms with Crippen LogP contribution in [0, 0.1) is 11.3 Å². The van der Waals surface area contributed by atoms with Crippen molar-refractivity contribution in [3.8, 4) is 0 Å². The quantitative estimate of drug-likeness (QED) is 0.819. The first-order valence-electron chi connectivity index (χ1n) is 8.01. The Morgan fingerprint density at radius 3 is 2.53 bits per heavy atom. The predicted molar refractivity (Wildman–Crippen MR) is 75.1 cm³/mol. The third-order valence-corrected chi connectivity index (χ3v) is 5.11. The number of aliphatic carboxylic acids is 1. The molecule has 2 aliphatic rings. The maximum Gasteiger partial charge on any atom is 0.309 e. The number of carboxylic acid groups (broad SMARTS) is 1. The van der Waals surface area contributed by atoms with Gasteiger partial charge in [0.05, 0.1) is 11.5 Å². The molecule has 2 rings (SSSR count). The maximum absolute atomic E-state index is 11.8. The lowest BCUT2D eigenvalue weighted by atomic mass is 9.66. The standard InChI is InChI=1S/C16H28O3/c1-2-5-13-7-9-16(10-8-13,15(17)18)12-14-6-3-4-11-19-14/h13-14H,2-12H2,1H3,(H,17,18). The van der Waals surface area contributed by atoms with Gasteiger partial charge < -0.3 is 9.84 Å². The predicted octanol–water partition coefficient (Wildman–Crippen LogP) is 4.01. The molecule has 0 spiro atoms. The summed E-state index contributed by atoms with van der Waals surface area (Å²) in [6.45, 7) is 3.04. The zero-order valence-electron chi connectivity index (χ0n) is 12.2. The summed E-state index contributed by atoms with van der Waals surface area (Å²) in [4.78, 5) is 11.8. The van der Waals surface area contributed by atoms with E-state index < -0.39 is 11.4 Å². The zero-order chi connectivity index (χ0) is 13.7. The van der Waals surface area contributed by atoms with Crippen molar-refractivity contribution < 1.29 is 14.6 Å². The van der Waals surface area contributed by atoms with E-state index in [0.29, 0.717) is 0 Å². The Kier molecular flexibility index (Phi) is 5.26. The van der Waals surface area contributed by atoms with Crippen molar-refractivity contribution in [2.75, 3.05) is 6.61 Å². The molecule has 0 aromatic carbocycles. The molecule has 3 heteroatoms. The molecular formula is C16H28O3. The highest BCUT2D eigenvalue weighted by atomic mass is 16.5. The zero-order valence-corrected chi connectivity index (χ0v) is 12.2. The Balaban J connectivity index is 1.93. The Morgan fingerprint density at radius 2 is 2.00 bits per heavy atom. The van der Waals surface area contributed by atoms with E-state index in [4.69, 9.17) is 4.74 Å². The van der Waals surface area contributed by atoms with Crippen molar-refractivity contribution in [2.45, 2.75) is 77.2 Å². The van der Waals surface area contributed by atoms with E-state index in [1.807, 2.05) is 0 Å². The van der Waals surface area contributed by atoms with Crippen LogP contribution in [0.15, 0.2) is 0 Å². The van der Waals surface area contributed by atoms with Crippen LogP contribution in [0.4, 0.5) is 0 Å². The van der Waals surface area contributed by atoms with Gasteiger partial charge in [-0.2, -0.15) is 0 Å². The lowest BCUT2D eigenvalue weighted by molar-refractivity contribution is -0.155. The van der Waals surface area contributed by atoms with E-state index in [9.17, 15) is 9.90 Å². The fourth-order valence-electron chi connectivity index (χ4n) is 3.84. The number of rotatable bonds is 5. The highest BCUT2D eigenvalue weighted by Crippen LogP contribution is 2.45. The van der Waals surface area contributed by atoms with Crippen LogP contribution in [0.25, 0.3) is 0 Å². The molecule has 2 fully saturated rings. The fraction of sp³-hybridized carbons (Fsp3) is 0.938. The lowest BCUT2D eigenvalue weighted by Gasteiger charge is -2.39. The van der Waals surface area contributed by atoms with Crippen molar-refractivity contribution in [3.63, 3.8) is 0 Å². The average Bonchev–Trinajstić information content (AvgIpc) is 2.42. The molecule has 3 nitrogen and oxygen atoms in total. The molecule has 1 saturated heterocycles. The summed E-state index contributed by atoms with van der Waals surface area (Å²) in [5.74, 6) is 0.168. The third-order valence-electron chi connectivity index (χ3n) is 5.11. The van der Waals surface area contributed by atoms with Gasteiger partial charge in [-0.25, -0.2) is 0 Å². The highest BCUT2D eigenvalue weighted by molar-refractivity contribution is 5.74. The molecule has 0 amide bonds. The van der Waals surface area contributed by atoms with Crippen molar-refractivity contribution in [2.24, 2.45) is 11.3 Å². The van der Waals surface area contributed by atoms with Gasteiger partial charge in [0.1, 0.15) is 0 Å². The van der Waals surface area contributed by atoms with E-state index >= 15 is 0 Å². The maximum atomic E-state index is 11.8. The SMILES string of the molecule is CCCC1CCC(CC2CCCCO2)(C(=O)O)CC1. The molecule has 1 N–H and O–H groups in total. The van der Waals surface area contributed by atoms with E-state index in [-0.39, 0.29) is 6.10 Å². The van der Waals surface area contributed by atoms with Gasteiger partial charge in [-0.15, -0.1) is 0 Å². The largest absolute Gasteiger partial charge is 0.481 e. The van der Waals surface area contributed by atoms with Gasteiger partial charge in [-0.3, -0.25) is 4.79 Å². The molecule has 1 aliphatic carbocycles. The molecule has 1 saturated carbocycles. The number of hydrogen-bond donors (Lipinski definition) is 1. The molecule has 1 atom stereocenters. The fourth-order valence-corrected chi connectivity index (χ4v) is 3.84. The topological polar surface area (TPSA) is 46.5 Å². The van der Waals surface area contributed by atoms with E-state index in [1.165, 1.54) is 19.3 Å². The van der Waals surface area contributed by atoms with Crippen LogP contribution in [-0.2, 0) is 9.53 Å². The summed E-state index contributed by atoms with van der Waals surface area (Å²) in [6.07, 6.45) is 10.7. The molecule has 1 aliphatic heterocycles. The monoisotopic (exact) mass is 268 g/mol. The first-order valence-corrected chi connectivity index (χ1v) is 8.01. The third kappa shape index (κ3) is 3.71. The van der Waals surface area contributed by atoms with Gasteiger partial charge in [0, 0.05) is 6.61 Å². The van der Waals surface area contributed by atoms with E-state index in [2.05, 4.69) is 6.92 Å². The van der Waals surface area contributed by atoms with Gasteiger partial charge in [0.2, 0.25) is 0 Å².